The van der Waals surface area contributed by atoms with Crippen LogP contribution in [0.1, 0.15) is 30.9 Å². The number of nitrogens with zero attached hydrogens (tertiary/aromatic N) is 1. The van der Waals surface area contributed by atoms with E-state index in [1.807, 2.05) is 6.07 Å². The van der Waals surface area contributed by atoms with Crippen molar-refractivity contribution in [2.45, 2.75) is 25.3 Å². The molecular weight excluding hydrogens is 399 g/mol. The van der Waals surface area contributed by atoms with Gasteiger partial charge in [0.25, 0.3) is 0 Å². The molecule has 0 unspecified atom stereocenters. The van der Waals surface area contributed by atoms with E-state index < -0.39 is 0 Å². The summed E-state index contributed by atoms with van der Waals surface area (Å²) in [6.07, 6.45) is 2.58. The number of hydrogen-bond acceptors (Lipinski definition) is 4. The second-order valence-electron chi connectivity index (χ2n) is 7.02. The Bertz CT molecular complexity index is 875. The zero-order valence-electron chi connectivity index (χ0n) is 15.4. The summed E-state index contributed by atoms with van der Waals surface area (Å²) in [6, 6.07) is 11.5. The summed E-state index contributed by atoms with van der Waals surface area (Å²) in [4.78, 5) is 14.7. The lowest BCUT2D eigenvalue weighted by molar-refractivity contribution is -0.116. The van der Waals surface area contributed by atoms with Crippen molar-refractivity contribution < 1.29 is 14.3 Å². The smallest absolute Gasteiger partial charge is 0.225 e. The third-order valence-corrected chi connectivity index (χ3v) is 5.71. The van der Waals surface area contributed by atoms with Gasteiger partial charge in [0.05, 0.1) is 10.7 Å². The molecule has 2 aliphatic heterocycles. The second-order valence-corrected chi connectivity index (χ2v) is 7.86. The molecule has 7 heteroatoms. The molecule has 2 heterocycles. The van der Waals surface area contributed by atoms with Gasteiger partial charge in [-0.1, -0.05) is 29.3 Å². The molecule has 1 atom stereocenters. The number of carbonyl (C=O) groups is 1. The molecule has 0 aliphatic carbocycles. The predicted octanol–water partition coefficient (Wildman–Crippen LogP) is 4.93. The minimum atomic E-state index is -0.0722. The Hall–Kier alpha value is -1.95. The molecule has 0 saturated carbocycles. The molecule has 0 spiro atoms. The molecule has 1 saturated heterocycles. The molecule has 1 fully saturated rings. The summed E-state index contributed by atoms with van der Waals surface area (Å²) in [5.41, 5.74) is 1.75. The van der Waals surface area contributed by atoms with E-state index in [2.05, 4.69) is 22.3 Å². The lowest BCUT2D eigenvalue weighted by atomic mass is 10.0. The van der Waals surface area contributed by atoms with Gasteiger partial charge in [-0.3, -0.25) is 9.69 Å². The van der Waals surface area contributed by atoms with Crippen LogP contribution >= 0.6 is 23.2 Å². The summed E-state index contributed by atoms with van der Waals surface area (Å²) in [7, 11) is 0. The molecule has 2 aromatic carbocycles. The SMILES string of the molecule is O=C(CCN1CCC[C@H]1c1ccc2c(c1)OCCO2)Nc1cc(Cl)ccc1Cl. The van der Waals surface area contributed by atoms with Crippen molar-refractivity contribution in [1.29, 1.82) is 0 Å². The van der Waals surface area contributed by atoms with Gasteiger partial charge < -0.3 is 14.8 Å². The first kappa shape index (κ1) is 19.4. The number of halogens is 2. The van der Waals surface area contributed by atoms with E-state index in [0.717, 1.165) is 30.9 Å². The van der Waals surface area contributed by atoms with Crippen LogP contribution in [0.2, 0.25) is 10.0 Å². The number of carbonyl (C=O) groups excluding carboxylic acids is 1. The number of benzene rings is 2. The number of likely N-dealkylation sites (tertiary alicyclic amines) is 1. The molecule has 5 nitrogen and oxygen atoms in total. The number of hydrogen-bond donors (Lipinski definition) is 1. The van der Waals surface area contributed by atoms with Crippen molar-refractivity contribution >= 4 is 34.8 Å². The van der Waals surface area contributed by atoms with E-state index in [9.17, 15) is 4.79 Å². The highest BCUT2D eigenvalue weighted by Crippen LogP contribution is 2.38. The van der Waals surface area contributed by atoms with E-state index in [-0.39, 0.29) is 5.91 Å². The molecular formula is C21H22Cl2N2O3. The maximum atomic E-state index is 12.4. The third-order valence-electron chi connectivity index (χ3n) is 5.14. The lowest BCUT2D eigenvalue weighted by Gasteiger charge is -2.26. The molecule has 148 valence electrons. The first-order valence-corrected chi connectivity index (χ1v) is 10.2. The van der Waals surface area contributed by atoms with Crippen LogP contribution in [0.15, 0.2) is 36.4 Å². The third kappa shape index (κ3) is 4.37. The summed E-state index contributed by atoms with van der Waals surface area (Å²) in [6.45, 7) is 2.83. The van der Waals surface area contributed by atoms with Crippen LogP contribution in [-0.4, -0.2) is 37.1 Å². The lowest BCUT2D eigenvalue weighted by Crippen LogP contribution is -2.28. The molecule has 2 aliphatic rings. The highest BCUT2D eigenvalue weighted by molar-refractivity contribution is 6.35. The fourth-order valence-electron chi connectivity index (χ4n) is 3.79. The molecule has 2 aromatic rings. The largest absolute Gasteiger partial charge is 0.486 e. The maximum Gasteiger partial charge on any atom is 0.225 e. The summed E-state index contributed by atoms with van der Waals surface area (Å²) in [5.74, 6) is 1.54. The minimum absolute atomic E-state index is 0.0722. The zero-order valence-corrected chi connectivity index (χ0v) is 16.9. The fourth-order valence-corrected chi connectivity index (χ4v) is 4.13. The Morgan fingerprint density at radius 3 is 2.79 bits per heavy atom. The van der Waals surface area contributed by atoms with Gasteiger partial charge in [-0.25, -0.2) is 0 Å². The quantitative estimate of drug-likeness (QED) is 0.744. The van der Waals surface area contributed by atoms with Crippen LogP contribution in [0.4, 0.5) is 5.69 Å². The van der Waals surface area contributed by atoms with E-state index >= 15 is 0 Å². The highest BCUT2D eigenvalue weighted by atomic mass is 35.5. The van der Waals surface area contributed by atoms with Gasteiger partial charge in [0, 0.05) is 24.0 Å². The van der Waals surface area contributed by atoms with Gasteiger partial charge in [0.15, 0.2) is 11.5 Å². The number of anilines is 1. The van der Waals surface area contributed by atoms with Crippen LogP contribution in [0.3, 0.4) is 0 Å². The number of rotatable bonds is 5. The number of amides is 1. The summed E-state index contributed by atoms with van der Waals surface area (Å²) in [5, 5.41) is 3.87. The average molecular weight is 421 g/mol. The first-order chi connectivity index (χ1) is 13.6. The summed E-state index contributed by atoms with van der Waals surface area (Å²) >= 11 is 12.1. The fraction of sp³-hybridized carbons (Fsp3) is 0.381. The van der Waals surface area contributed by atoms with Crippen molar-refractivity contribution in [1.82, 2.24) is 4.90 Å². The summed E-state index contributed by atoms with van der Waals surface area (Å²) < 4.78 is 11.3. The average Bonchev–Trinajstić information content (AvgIpc) is 3.17. The van der Waals surface area contributed by atoms with E-state index in [1.165, 1.54) is 5.56 Å². The zero-order chi connectivity index (χ0) is 19.5. The Morgan fingerprint density at radius 1 is 1.11 bits per heavy atom. The van der Waals surface area contributed by atoms with E-state index in [0.29, 0.717) is 48.0 Å². The topological polar surface area (TPSA) is 50.8 Å². The van der Waals surface area contributed by atoms with Crippen LogP contribution in [0.25, 0.3) is 0 Å². The van der Waals surface area contributed by atoms with Gasteiger partial charge in [-0.05, 0) is 55.3 Å². The molecule has 0 aromatic heterocycles. The van der Waals surface area contributed by atoms with Gasteiger partial charge >= 0.3 is 0 Å². The number of nitrogens with one attached hydrogen (secondary N) is 1. The Balaban J connectivity index is 1.38. The van der Waals surface area contributed by atoms with Crippen molar-refractivity contribution in [2.24, 2.45) is 0 Å². The molecule has 0 radical (unpaired) electrons. The molecule has 28 heavy (non-hydrogen) atoms. The van der Waals surface area contributed by atoms with Crippen LogP contribution in [0, 0.1) is 0 Å². The van der Waals surface area contributed by atoms with Crippen molar-refractivity contribution in [2.75, 3.05) is 31.6 Å². The number of fused-ring (bicyclic) bond motifs is 1. The van der Waals surface area contributed by atoms with Crippen LogP contribution in [0.5, 0.6) is 11.5 Å². The normalized spacial score (nSPS) is 18.9. The predicted molar refractivity (Wildman–Crippen MR) is 111 cm³/mol. The van der Waals surface area contributed by atoms with Gasteiger partial charge in [-0.2, -0.15) is 0 Å². The molecule has 1 amide bonds. The minimum Gasteiger partial charge on any atom is -0.486 e. The number of ether oxygens (including phenoxy) is 2. The molecule has 1 N–H and O–H groups in total. The first-order valence-electron chi connectivity index (χ1n) is 9.48. The monoisotopic (exact) mass is 420 g/mol. The van der Waals surface area contributed by atoms with Gasteiger partial charge in [-0.15, -0.1) is 0 Å². The maximum absolute atomic E-state index is 12.4. The van der Waals surface area contributed by atoms with E-state index in [4.69, 9.17) is 32.7 Å². The van der Waals surface area contributed by atoms with Crippen LogP contribution < -0.4 is 14.8 Å². The van der Waals surface area contributed by atoms with Crippen molar-refractivity contribution in [3.63, 3.8) is 0 Å². The Morgan fingerprint density at radius 2 is 1.93 bits per heavy atom. The molecule has 4 rings (SSSR count). The van der Waals surface area contributed by atoms with E-state index in [1.54, 1.807) is 18.2 Å². The second kappa shape index (κ2) is 8.60. The molecule has 0 bridgehead atoms. The van der Waals surface area contributed by atoms with Gasteiger partial charge in [0.2, 0.25) is 5.91 Å². The highest BCUT2D eigenvalue weighted by Gasteiger charge is 2.27. The van der Waals surface area contributed by atoms with Crippen molar-refractivity contribution in [3.8, 4) is 11.5 Å². The van der Waals surface area contributed by atoms with Crippen LogP contribution in [-0.2, 0) is 4.79 Å². The Kier molecular flexibility index (Phi) is 5.95. The standard InChI is InChI=1S/C21H22Cl2N2O3/c22-15-4-5-16(23)17(13-15)24-21(26)7-9-25-8-1-2-18(25)14-3-6-19-20(12-14)28-11-10-27-19/h3-6,12-13,18H,1-2,7-11H2,(H,24,26)/t18-/m0/s1. The Labute approximate surface area is 174 Å². The van der Waals surface area contributed by atoms with Gasteiger partial charge in [0.1, 0.15) is 13.2 Å². The van der Waals surface area contributed by atoms with Crippen molar-refractivity contribution in [3.05, 3.63) is 52.0 Å².